The largest absolute Gasteiger partial charge is 0.494 e. The van der Waals surface area contributed by atoms with Gasteiger partial charge in [0.15, 0.2) is 21.6 Å². The average molecular weight is 446 g/mol. The molecule has 10 heteroatoms. The number of nitrogens with zero attached hydrogens (tertiary/aromatic N) is 2. The van der Waals surface area contributed by atoms with Gasteiger partial charge in [-0.05, 0) is 49.2 Å². The van der Waals surface area contributed by atoms with Crippen molar-refractivity contribution in [1.29, 1.82) is 0 Å². The van der Waals surface area contributed by atoms with Gasteiger partial charge in [0, 0.05) is 24.9 Å². The van der Waals surface area contributed by atoms with Gasteiger partial charge in [-0.25, -0.2) is 8.42 Å². The van der Waals surface area contributed by atoms with E-state index in [1.54, 1.807) is 18.3 Å². The molecule has 164 valence electrons. The Kier molecular flexibility index (Phi) is 6.81. The highest BCUT2D eigenvalue weighted by molar-refractivity contribution is 7.91. The zero-order chi connectivity index (χ0) is 22.4. The van der Waals surface area contributed by atoms with E-state index in [1.807, 2.05) is 0 Å². The molecule has 31 heavy (non-hydrogen) atoms. The van der Waals surface area contributed by atoms with Crippen molar-refractivity contribution < 1.29 is 33.3 Å². The van der Waals surface area contributed by atoms with E-state index in [0.29, 0.717) is 11.5 Å². The van der Waals surface area contributed by atoms with Gasteiger partial charge in [0.2, 0.25) is 0 Å². The normalized spacial score (nSPS) is 12.4. The molecule has 9 nitrogen and oxygen atoms in total. The summed E-state index contributed by atoms with van der Waals surface area (Å²) in [6, 6.07) is 11.8. The molecule has 0 fully saturated rings. The number of carbonyl (C=O) groups is 1. The minimum absolute atomic E-state index is 0.00187. The predicted molar refractivity (Wildman–Crippen MR) is 111 cm³/mol. The van der Waals surface area contributed by atoms with Crippen LogP contribution in [0.1, 0.15) is 12.8 Å². The van der Waals surface area contributed by atoms with Crippen LogP contribution in [-0.2, 0) is 21.2 Å². The van der Waals surface area contributed by atoms with Gasteiger partial charge >= 0.3 is 5.97 Å². The van der Waals surface area contributed by atoms with Crippen molar-refractivity contribution in [3.05, 3.63) is 60.9 Å². The van der Waals surface area contributed by atoms with Crippen molar-refractivity contribution in [1.82, 2.24) is 9.55 Å². The molecule has 1 aromatic carbocycles. The topological polar surface area (TPSA) is 139 Å². The number of aromatic hydroxyl groups is 2. The van der Waals surface area contributed by atoms with E-state index in [2.05, 4.69) is 4.98 Å². The molecule has 1 unspecified atom stereocenters. The van der Waals surface area contributed by atoms with E-state index in [4.69, 9.17) is 4.74 Å². The maximum atomic E-state index is 12.7. The van der Waals surface area contributed by atoms with Crippen LogP contribution in [0.3, 0.4) is 0 Å². The van der Waals surface area contributed by atoms with Gasteiger partial charge in [-0.3, -0.25) is 14.3 Å². The first-order valence-corrected chi connectivity index (χ1v) is 11.1. The molecule has 2 aromatic heterocycles. The van der Waals surface area contributed by atoms with Gasteiger partial charge in [-0.15, -0.1) is 0 Å². The lowest BCUT2D eigenvalue weighted by Crippen LogP contribution is -2.24. The zero-order valence-electron chi connectivity index (χ0n) is 16.5. The lowest BCUT2D eigenvalue weighted by molar-refractivity contribution is -0.141. The predicted octanol–water partition coefficient (Wildman–Crippen LogP) is 3.04. The van der Waals surface area contributed by atoms with Crippen LogP contribution in [0.5, 0.6) is 23.3 Å². The van der Waals surface area contributed by atoms with Crippen molar-refractivity contribution in [3.8, 4) is 23.3 Å². The maximum absolute atomic E-state index is 12.7. The minimum atomic E-state index is -3.85. The van der Waals surface area contributed by atoms with E-state index < -0.39 is 27.5 Å². The van der Waals surface area contributed by atoms with Crippen LogP contribution in [-0.4, -0.2) is 45.0 Å². The molecule has 0 saturated carbocycles. The van der Waals surface area contributed by atoms with E-state index in [9.17, 15) is 28.5 Å². The Hall–Kier alpha value is -3.53. The summed E-state index contributed by atoms with van der Waals surface area (Å²) in [5, 5.41) is 28.7. The molecule has 0 bridgehead atoms. The molecule has 0 amide bonds. The Morgan fingerprint density at radius 1 is 1.03 bits per heavy atom. The number of carboxylic acid groups (broad SMARTS) is 1. The highest BCUT2D eigenvalue weighted by Gasteiger charge is 2.26. The monoisotopic (exact) mass is 446 g/mol. The van der Waals surface area contributed by atoms with Crippen LogP contribution in [0.2, 0.25) is 0 Å². The van der Waals surface area contributed by atoms with Gasteiger partial charge in [-0.1, -0.05) is 0 Å². The second-order valence-electron chi connectivity index (χ2n) is 6.92. The molecule has 0 aliphatic carbocycles. The second-order valence-corrected chi connectivity index (χ2v) is 8.96. The fourth-order valence-electron chi connectivity index (χ4n) is 3.07. The number of hydrogen-bond donors (Lipinski definition) is 3. The molecule has 0 radical (unpaired) electrons. The Bertz CT molecular complexity index is 1110. The SMILES string of the molecule is O=C(O)C(CCCn1c(O)ccc1O)CS(=O)(=O)c1ccc(Oc2cccnc2)cc1. The fraction of sp³-hybridized carbons (Fsp3) is 0.238. The molecule has 3 rings (SSSR count). The van der Waals surface area contributed by atoms with Gasteiger partial charge < -0.3 is 20.1 Å². The van der Waals surface area contributed by atoms with Crippen molar-refractivity contribution in [2.75, 3.05) is 5.75 Å². The number of sulfone groups is 1. The highest BCUT2D eigenvalue weighted by atomic mass is 32.2. The van der Waals surface area contributed by atoms with E-state index >= 15 is 0 Å². The number of rotatable bonds is 10. The van der Waals surface area contributed by atoms with Gasteiger partial charge in [0.05, 0.1) is 22.8 Å². The number of benzene rings is 1. The summed E-state index contributed by atoms with van der Waals surface area (Å²) >= 11 is 0. The Labute approximate surface area is 179 Å². The quantitative estimate of drug-likeness (QED) is 0.432. The van der Waals surface area contributed by atoms with E-state index in [1.165, 1.54) is 47.2 Å². The number of carboxylic acids is 1. The molecule has 3 N–H and O–H groups in total. The second kappa shape index (κ2) is 9.52. The Morgan fingerprint density at radius 2 is 1.71 bits per heavy atom. The summed E-state index contributed by atoms with van der Waals surface area (Å²) < 4.78 is 32.2. The van der Waals surface area contributed by atoms with Crippen LogP contribution in [0.4, 0.5) is 0 Å². The number of pyridine rings is 1. The van der Waals surface area contributed by atoms with Gasteiger partial charge in [0.1, 0.15) is 11.5 Å². The number of aromatic nitrogens is 2. The third-order valence-electron chi connectivity index (χ3n) is 4.69. The van der Waals surface area contributed by atoms with Crippen LogP contribution in [0.25, 0.3) is 0 Å². The lowest BCUT2D eigenvalue weighted by Gasteiger charge is -2.14. The summed E-state index contributed by atoms with van der Waals surface area (Å²) in [5.74, 6) is -2.28. The molecule has 0 saturated heterocycles. The molecule has 3 aromatic rings. The van der Waals surface area contributed by atoms with Crippen LogP contribution < -0.4 is 4.74 Å². The van der Waals surface area contributed by atoms with Crippen LogP contribution in [0, 0.1) is 5.92 Å². The zero-order valence-corrected chi connectivity index (χ0v) is 17.3. The summed E-state index contributed by atoms with van der Waals surface area (Å²) in [5.41, 5.74) is 0. The Morgan fingerprint density at radius 3 is 2.29 bits per heavy atom. The van der Waals surface area contributed by atoms with Gasteiger partial charge in [0.25, 0.3) is 0 Å². The maximum Gasteiger partial charge on any atom is 0.307 e. The highest BCUT2D eigenvalue weighted by Crippen LogP contribution is 2.25. The molecule has 0 aliphatic heterocycles. The number of aliphatic carboxylic acids is 1. The average Bonchev–Trinajstić information content (AvgIpc) is 3.06. The molecule has 2 heterocycles. The summed E-state index contributed by atoms with van der Waals surface area (Å²) in [6.07, 6.45) is 3.45. The summed E-state index contributed by atoms with van der Waals surface area (Å²) in [4.78, 5) is 15.5. The first-order valence-electron chi connectivity index (χ1n) is 9.47. The lowest BCUT2D eigenvalue weighted by atomic mass is 10.1. The molecule has 0 spiro atoms. The van der Waals surface area contributed by atoms with Crippen molar-refractivity contribution >= 4 is 15.8 Å². The van der Waals surface area contributed by atoms with Crippen molar-refractivity contribution in [2.45, 2.75) is 24.3 Å². The first-order chi connectivity index (χ1) is 14.8. The standard InChI is InChI=1S/C21H22N2O7S/c24-19-9-10-20(25)23(19)12-2-3-15(21(26)27)14-31(28,29)18-7-5-16(6-8-18)30-17-4-1-11-22-13-17/h1,4-11,13,15,24-25H,2-3,12,14H2,(H,26,27). The molecular weight excluding hydrogens is 424 g/mol. The Balaban J connectivity index is 1.63. The molecule has 1 atom stereocenters. The first kappa shape index (κ1) is 22.2. The smallest absolute Gasteiger partial charge is 0.307 e. The summed E-state index contributed by atoms with van der Waals surface area (Å²) in [6.45, 7) is 0.162. The van der Waals surface area contributed by atoms with Crippen molar-refractivity contribution in [3.63, 3.8) is 0 Å². The summed E-state index contributed by atoms with van der Waals surface area (Å²) in [7, 11) is -3.85. The number of hydrogen-bond acceptors (Lipinski definition) is 7. The fourth-order valence-corrected chi connectivity index (χ4v) is 4.65. The van der Waals surface area contributed by atoms with Crippen molar-refractivity contribution in [2.24, 2.45) is 5.92 Å². The van der Waals surface area contributed by atoms with E-state index in [-0.39, 0.29) is 36.0 Å². The number of ether oxygens (including phenoxy) is 1. The molecular formula is C21H22N2O7S. The minimum Gasteiger partial charge on any atom is -0.494 e. The molecule has 0 aliphatic rings. The van der Waals surface area contributed by atoms with Crippen LogP contribution >= 0.6 is 0 Å². The van der Waals surface area contributed by atoms with Crippen LogP contribution in [0.15, 0.2) is 65.8 Å². The third-order valence-corrected chi connectivity index (χ3v) is 6.52. The van der Waals surface area contributed by atoms with E-state index in [0.717, 1.165) is 0 Å². The third kappa shape index (κ3) is 5.76. The van der Waals surface area contributed by atoms with Gasteiger partial charge in [-0.2, -0.15) is 0 Å².